The number of ether oxygens (including phenoxy) is 2. The largest absolute Gasteiger partial charge is 0.497 e. The second-order valence-electron chi connectivity index (χ2n) is 8.53. The highest BCUT2D eigenvalue weighted by Crippen LogP contribution is 2.59. The number of hydrogen-bond acceptors (Lipinski definition) is 5. The molecule has 28 heavy (non-hydrogen) atoms. The Morgan fingerprint density at radius 3 is 3.00 bits per heavy atom. The molecular formula is C22H29N3O3. The van der Waals surface area contributed by atoms with Gasteiger partial charge in [0.25, 0.3) is 0 Å². The molecule has 4 bridgehead atoms. The predicted molar refractivity (Wildman–Crippen MR) is 108 cm³/mol. The number of nitrogens with one attached hydrogen (secondary N) is 2. The van der Waals surface area contributed by atoms with Gasteiger partial charge >= 0.3 is 5.97 Å². The van der Waals surface area contributed by atoms with Gasteiger partial charge in [-0.1, -0.05) is 0 Å². The van der Waals surface area contributed by atoms with E-state index in [1.165, 1.54) is 18.1 Å². The van der Waals surface area contributed by atoms with Gasteiger partial charge in [0.05, 0.1) is 14.2 Å². The molecule has 150 valence electrons. The molecule has 0 radical (unpaired) electrons. The molecule has 6 heteroatoms. The second-order valence-corrected chi connectivity index (χ2v) is 8.53. The van der Waals surface area contributed by atoms with E-state index in [-0.39, 0.29) is 12.0 Å². The lowest BCUT2D eigenvalue weighted by Crippen LogP contribution is -2.49. The lowest BCUT2D eigenvalue weighted by Gasteiger charge is -2.35. The average molecular weight is 383 g/mol. The number of esters is 1. The smallest absolute Gasteiger partial charge is 0.319 e. The fourth-order valence-electron chi connectivity index (χ4n) is 6.46. The van der Waals surface area contributed by atoms with Crippen molar-refractivity contribution in [2.24, 2.45) is 11.8 Å². The van der Waals surface area contributed by atoms with Gasteiger partial charge in [0, 0.05) is 35.7 Å². The third-order valence-corrected chi connectivity index (χ3v) is 7.46. The Labute approximate surface area is 165 Å². The lowest BCUT2D eigenvalue weighted by molar-refractivity contribution is -0.149. The first-order valence-electron chi connectivity index (χ1n) is 10.3. The van der Waals surface area contributed by atoms with Crippen LogP contribution in [0.3, 0.4) is 0 Å². The van der Waals surface area contributed by atoms with Crippen molar-refractivity contribution >= 4 is 16.9 Å². The van der Waals surface area contributed by atoms with Gasteiger partial charge in [-0.05, 0) is 68.5 Å². The zero-order chi connectivity index (χ0) is 19.5. The number of rotatable bonds is 5. The quantitative estimate of drug-likeness (QED) is 0.774. The van der Waals surface area contributed by atoms with Crippen molar-refractivity contribution in [3.63, 3.8) is 0 Å². The van der Waals surface area contributed by atoms with Crippen LogP contribution in [-0.2, 0) is 21.4 Å². The molecule has 1 saturated heterocycles. The molecule has 3 aliphatic rings. The number of piperidine rings is 1. The van der Waals surface area contributed by atoms with E-state index >= 15 is 0 Å². The van der Waals surface area contributed by atoms with Crippen molar-refractivity contribution in [3.8, 4) is 5.75 Å². The number of carbonyl (C=O) groups excluding carboxylic acids is 1. The third kappa shape index (κ3) is 2.19. The Balaban J connectivity index is 1.72. The molecule has 0 spiro atoms. The minimum atomic E-state index is -0.578. The van der Waals surface area contributed by atoms with Crippen molar-refractivity contribution in [2.45, 2.75) is 30.7 Å². The highest BCUT2D eigenvalue weighted by atomic mass is 16.5. The van der Waals surface area contributed by atoms with Crippen LogP contribution in [0.15, 0.2) is 18.2 Å². The van der Waals surface area contributed by atoms with Crippen molar-refractivity contribution < 1.29 is 14.3 Å². The number of carbonyl (C=O) groups is 1. The van der Waals surface area contributed by atoms with Crippen LogP contribution in [0.5, 0.6) is 5.75 Å². The van der Waals surface area contributed by atoms with Gasteiger partial charge in [-0.3, -0.25) is 9.69 Å². The Morgan fingerprint density at radius 1 is 1.39 bits per heavy atom. The maximum absolute atomic E-state index is 13.4. The topological polar surface area (TPSA) is 66.6 Å². The van der Waals surface area contributed by atoms with Crippen LogP contribution in [0.2, 0.25) is 0 Å². The van der Waals surface area contributed by atoms with E-state index < -0.39 is 5.41 Å². The van der Waals surface area contributed by atoms with E-state index in [2.05, 4.69) is 27.3 Å². The summed E-state index contributed by atoms with van der Waals surface area (Å²) in [6.45, 7) is 2.97. The fourth-order valence-corrected chi connectivity index (χ4v) is 6.46. The van der Waals surface area contributed by atoms with Crippen LogP contribution in [-0.4, -0.2) is 62.8 Å². The van der Waals surface area contributed by atoms with E-state index in [9.17, 15) is 4.79 Å². The summed E-state index contributed by atoms with van der Waals surface area (Å²) in [4.78, 5) is 19.7. The van der Waals surface area contributed by atoms with Crippen LogP contribution in [0.4, 0.5) is 0 Å². The maximum Gasteiger partial charge on any atom is 0.319 e. The number of aromatic nitrogens is 1. The monoisotopic (exact) mass is 383 g/mol. The van der Waals surface area contributed by atoms with E-state index in [4.69, 9.17) is 9.47 Å². The molecule has 3 heterocycles. The molecule has 0 amide bonds. The summed E-state index contributed by atoms with van der Waals surface area (Å²) in [7, 11) is 5.24. The molecule has 5 atom stereocenters. The minimum Gasteiger partial charge on any atom is -0.497 e. The van der Waals surface area contributed by atoms with Gasteiger partial charge < -0.3 is 19.8 Å². The van der Waals surface area contributed by atoms with Crippen LogP contribution >= 0.6 is 0 Å². The number of aromatic amines is 1. The Kier molecular flexibility index (Phi) is 4.18. The Hall–Kier alpha value is -2.05. The summed E-state index contributed by atoms with van der Waals surface area (Å²) in [6, 6.07) is 6.37. The number of methoxy groups -OCH3 is 2. The Morgan fingerprint density at radius 2 is 2.25 bits per heavy atom. The van der Waals surface area contributed by atoms with Crippen LogP contribution in [0.25, 0.3) is 10.9 Å². The van der Waals surface area contributed by atoms with Crippen molar-refractivity contribution in [3.05, 3.63) is 29.5 Å². The molecule has 2 fully saturated rings. The molecule has 6 nitrogen and oxygen atoms in total. The third-order valence-electron chi connectivity index (χ3n) is 7.46. The summed E-state index contributed by atoms with van der Waals surface area (Å²) in [6.07, 6.45) is 3.13. The SMILES string of the molecule is CNCC[C@@H]1CC2CN3CCc4c([nH]c5ccc(OC)cc45)[C@@]2(C(=O)OC)C13. The second kappa shape index (κ2) is 6.49. The fraction of sp³-hybridized carbons (Fsp3) is 0.591. The van der Waals surface area contributed by atoms with Gasteiger partial charge in [-0.15, -0.1) is 0 Å². The normalized spacial score (nSPS) is 33.0. The van der Waals surface area contributed by atoms with Crippen molar-refractivity contribution in [1.82, 2.24) is 15.2 Å². The highest BCUT2D eigenvalue weighted by Gasteiger charge is 2.69. The standard InChI is InChI=1S/C22H29N3O3/c1-23-8-6-13-10-14-12-25-9-7-16-17-11-15(27-2)4-5-18(17)24-19(16)22(14,20(13)25)21(26)28-3/h4-5,11,13-14,20,23-24H,6-10,12H2,1-3H3/t13-,14?,20?,22-/m1/s1. The first-order chi connectivity index (χ1) is 13.6. The molecule has 2 aromatic rings. The van der Waals surface area contributed by atoms with E-state index in [0.717, 1.165) is 55.9 Å². The van der Waals surface area contributed by atoms with Crippen LogP contribution in [0, 0.1) is 11.8 Å². The average Bonchev–Trinajstić information content (AvgIpc) is 3.31. The zero-order valence-corrected chi connectivity index (χ0v) is 16.9. The number of fused-ring (bicyclic) bond motifs is 3. The molecule has 1 saturated carbocycles. The highest BCUT2D eigenvalue weighted by molar-refractivity contribution is 5.93. The van der Waals surface area contributed by atoms with Crippen LogP contribution in [0.1, 0.15) is 24.1 Å². The Bertz CT molecular complexity index is 923. The number of nitrogens with zero attached hydrogens (tertiary/aromatic N) is 1. The van der Waals surface area contributed by atoms with Gasteiger partial charge in [-0.2, -0.15) is 0 Å². The van der Waals surface area contributed by atoms with E-state index in [1.54, 1.807) is 7.11 Å². The molecule has 1 aromatic heterocycles. The first-order valence-corrected chi connectivity index (χ1v) is 10.3. The van der Waals surface area contributed by atoms with E-state index in [1.807, 2.05) is 13.1 Å². The molecule has 2 aliphatic heterocycles. The van der Waals surface area contributed by atoms with Gasteiger partial charge in [0.1, 0.15) is 11.2 Å². The molecule has 3 unspecified atom stereocenters. The van der Waals surface area contributed by atoms with E-state index in [0.29, 0.717) is 11.8 Å². The van der Waals surface area contributed by atoms with Crippen molar-refractivity contribution in [1.29, 1.82) is 0 Å². The molecule has 5 rings (SSSR count). The summed E-state index contributed by atoms with van der Waals surface area (Å²) < 4.78 is 10.9. The van der Waals surface area contributed by atoms with Gasteiger partial charge in [0.2, 0.25) is 0 Å². The lowest BCUT2D eigenvalue weighted by atomic mass is 9.73. The maximum atomic E-state index is 13.4. The van der Waals surface area contributed by atoms with Crippen LogP contribution < -0.4 is 10.1 Å². The number of hydrogen-bond donors (Lipinski definition) is 2. The molecule has 2 N–H and O–H groups in total. The summed E-state index contributed by atoms with van der Waals surface area (Å²) >= 11 is 0. The van der Waals surface area contributed by atoms with Crippen molar-refractivity contribution in [2.75, 3.05) is 40.9 Å². The van der Waals surface area contributed by atoms with Gasteiger partial charge in [-0.25, -0.2) is 0 Å². The molecular weight excluding hydrogens is 354 g/mol. The zero-order valence-electron chi connectivity index (χ0n) is 16.9. The number of H-pyrrole nitrogens is 1. The summed E-state index contributed by atoms with van der Waals surface area (Å²) in [5.41, 5.74) is 2.88. The number of benzene rings is 1. The summed E-state index contributed by atoms with van der Waals surface area (Å²) in [5, 5.41) is 4.47. The minimum absolute atomic E-state index is 0.0707. The first kappa shape index (κ1) is 18.0. The molecule has 1 aliphatic carbocycles. The van der Waals surface area contributed by atoms with Gasteiger partial charge in [0.15, 0.2) is 0 Å². The predicted octanol–water partition coefficient (Wildman–Crippen LogP) is 2.07. The summed E-state index contributed by atoms with van der Waals surface area (Å²) in [5.74, 6) is 1.60. The molecule has 1 aromatic carbocycles.